The van der Waals surface area contributed by atoms with Crippen molar-refractivity contribution in [2.45, 2.75) is 31.2 Å². The molecule has 30 heavy (non-hydrogen) atoms. The summed E-state index contributed by atoms with van der Waals surface area (Å²) in [7, 11) is 0. The number of hydrogen-bond acceptors (Lipinski definition) is 5. The third-order valence-corrected chi connectivity index (χ3v) is 6.46. The predicted octanol–water partition coefficient (Wildman–Crippen LogP) is 3.94. The highest BCUT2D eigenvalue weighted by Gasteiger charge is 2.41. The highest BCUT2D eigenvalue weighted by Crippen LogP contribution is 2.44. The number of fused-ring (bicyclic) bond motifs is 3. The van der Waals surface area contributed by atoms with Gasteiger partial charge in [-0.25, -0.2) is 9.59 Å². The maximum absolute atomic E-state index is 12.9. The van der Waals surface area contributed by atoms with Crippen LogP contribution in [0.4, 0.5) is 4.79 Å². The maximum atomic E-state index is 12.9. The van der Waals surface area contributed by atoms with Gasteiger partial charge in [0.05, 0.1) is 0 Å². The molecule has 0 radical (unpaired) electrons. The normalized spacial score (nSPS) is 21.3. The Labute approximate surface area is 175 Å². The van der Waals surface area contributed by atoms with Gasteiger partial charge >= 0.3 is 12.1 Å². The second-order valence-corrected chi connectivity index (χ2v) is 8.17. The van der Waals surface area contributed by atoms with Crippen LogP contribution in [0.5, 0.6) is 0 Å². The molecule has 0 saturated carbocycles. The maximum Gasteiger partial charge on any atom is 0.413 e. The van der Waals surface area contributed by atoms with E-state index in [1.54, 1.807) is 0 Å². The van der Waals surface area contributed by atoms with Crippen LogP contribution in [0.2, 0.25) is 0 Å². The lowest BCUT2D eigenvalue weighted by molar-refractivity contribution is -0.139. The van der Waals surface area contributed by atoms with E-state index >= 15 is 0 Å². The minimum Gasteiger partial charge on any atom is -0.448 e. The van der Waals surface area contributed by atoms with Gasteiger partial charge in [-0.05, 0) is 47.4 Å². The molecule has 2 fully saturated rings. The molecule has 0 N–H and O–H groups in total. The van der Waals surface area contributed by atoms with Gasteiger partial charge in [-0.15, -0.1) is 0 Å². The molecule has 2 aromatic carbocycles. The zero-order chi connectivity index (χ0) is 20.5. The molecule has 3 aliphatic rings. The summed E-state index contributed by atoms with van der Waals surface area (Å²) in [5.41, 5.74) is 4.70. The fraction of sp³-hybridized carbons (Fsp3) is 0.417. The summed E-state index contributed by atoms with van der Waals surface area (Å²) >= 11 is 0. The van der Waals surface area contributed by atoms with E-state index in [0.717, 1.165) is 12.8 Å². The van der Waals surface area contributed by atoms with Crippen molar-refractivity contribution in [3.8, 4) is 11.1 Å². The minimum absolute atomic E-state index is 0.00508. The van der Waals surface area contributed by atoms with Crippen LogP contribution in [0.25, 0.3) is 11.1 Å². The molecule has 1 amide bonds. The third kappa shape index (κ3) is 3.45. The van der Waals surface area contributed by atoms with E-state index in [1.807, 2.05) is 24.3 Å². The smallest absolute Gasteiger partial charge is 0.413 e. The Morgan fingerprint density at radius 1 is 1.00 bits per heavy atom. The largest absolute Gasteiger partial charge is 0.448 e. The van der Waals surface area contributed by atoms with Crippen molar-refractivity contribution >= 4 is 12.1 Å². The molecule has 2 aliphatic heterocycles. The van der Waals surface area contributed by atoms with Gasteiger partial charge < -0.3 is 14.2 Å². The van der Waals surface area contributed by atoms with Gasteiger partial charge in [-0.1, -0.05) is 48.5 Å². The van der Waals surface area contributed by atoms with Gasteiger partial charge in [0.15, 0.2) is 6.73 Å². The summed E-state index contributed by atoms with van der Waals surface area (Å²) in [6.07, 6.45) is 1.93. The molecule has 1 atom stereocenters. The summed E-state index contributed by atoms with van der Waals surface area (Å²) in [5, 5.41) is 0. The number of nitrogens with zero attached hydrogens (tertiary/aromatic N) is 1. The van der Waals surface area contributed by atoms with Crippen LogP contribution in [0.3, 0.4) is 0 Å². The first-order valence-corrected chi connectivity index (χ1v) is 10.6. The van der Waals surface area contributed by atoms with Gasteiger partial charge in [0.2, 0.25) is 0 Å². The summed E-state index contributed by atoms with van der Waals surface area (Å²) < 4.78 is 16.3. The van der Waals surface area contributed by atoms with E-state index < -0.39 is 12.1 Å². The molecule has 1 aliphatic carbocycles. The Kier molecular flexibility index (Phi) is 5.17. The summed E-state index contributed by atoms with van der Waals surface area (Å²) in [6, 6.07) is 15.9. The van der Waals surface area contributed by atoms with Crippen molar-refractivity contribution in [3.63, 3.8) is 0 Å². The molecule has 5 rings (SSSR count). The second-order valence-electron chi connectivity index (χ2n) is 8.17. The van der Waals surface area contributed by atoms with Crippen LogP contribution in [-0.4, -0.2) is 49.6 Å². The van der Waals surface area contributed by atoms with Crippen LogP contribution < -0.4 is 0 Å². The Morgan fingerprint density at radius 2 is 1.63 bits per heavy atom. The quantitative estimate of drug-likeness (QED) is 0.719. The van der Waals surface area contributed by atoms with Crippen molar-refractivity contribution in [3.05, 3.63) is 59.7 Å². The lowest BCUT2D eigenvalue weighted by atomic mass is 9.92. The van der Waals surface area contributed by atoms with Crippen molar-refractivity contribution in [1.29, 1.82) is 0 Å². The molecular formula is C24H25NO5. The SMILES string of the molecule is O=C1OCN(C(=O)OCC2c3ccccc3-c3ccccc32)[C@H]1CC1CCOCC1. The number of ether oxygens (including phenoxy) is 3. The second kappa shape index (κ2) is 8.11. The summed E-state index contributed by atoms with van der Waals surface area (Å²) in [5.74, 6) is 0.0165. The highest BCUT2D eigenvalue weighted by molar-refractivity contribution is 5.84. The summed E-state index contributed by atoms with van der Waals surface area (Å²) in [6.45, 7) is 1.61. The topological polar surface area (TPSA) is 65.1 Å². The number of carbonyl (C=O) groups excluding carboxylic acids is 2. The van der Waals surface area contributed by atoms with E-state index in [2.05, 4.69) is 24.3 Å². The average molecular weight is 407 g/mol. The molecule has 0 spiro atoms. The number of esters is 1. The first kappa shape index (κ1) is 19.1. The molecule has 2 saturated heterocycles. The average Bonchev–Trinajstić information content (AvgIpc) is 3.31. The van der Waals surface area contributed by atoms with E-state index in [4.69, 9.17) is 14.2 Å². The lowest BCUT2D eigenvalue weighted by Crippen LogP contribution is -2.40. The monoisotopic (exact) mass is 407 g/mol. The van der Waals surface area contributed by atoms with Gasteiger partial charge in [0.1, 0.15) is 12.6 Å². The number of amides is 1. The molecule has 0 bridgehead atoms. The van der Waals surface area contributed by atoms with Crippen molar-refractivity contribution in [2.24, 2.45) is 5.92 Å². The van der Waals surface area contributed by atoms with Crippen molar-refractivity contribution in [1.82, 2.24) is 4.90 Å². The van der Waals surface area contributed by atoms with Crippen LogP contribution in [0, 0.1) is 5.92 Å². The standard InChI is InChI=1S/C24H25NO5/c26-23-22(13-16-9-11-28-12-10-16)25(15-30-23)24(27)29-14-21-19-7-3-1-5-17(19)18-6-2-4-8-20(18)21/h1-8,16,21-22H,9-15H2/t22-/m0/s1. The van der Waals surface area contributed by atoms with E-state index in [-0.39, 0.29) is 25.2 Å². The van der Waals surface area contributed by atoms with Crippen LogP contribution >= 0.6 is 0 Å². The van der Waals surface area contributed by atoms with E-state index in [0.29, 0.717) is 25.6 Å². The van der Waals surface area contributed by atoms with Gasteiger partial charge in [0.25, 0.3) is 0 Å². The molecule has 6 nitrogen and oxygen atoms in total. The number of benzene rings is 2. The molecular weight excluding hydrogens is 382 g/mol. The first-order valence-electron chi connectivity index (χ1n) is 10.6. The fourth-order valence-corrected chi connectivity index (χ4v) is 4.82. The fourth-order valence-electron chi connectivity index (χ4n) is 4.82. The lowest BCUT2D eigenvalue weighted by Gasteiger charge is -2.27. The number of hydrogen-bond donors (Lipinski definition) is 0. The molecule has 0 aromatic heterocycles. The molecule has 156 valence electrons. The van der Waals surface area contributed by atoms with Gasteiger partial charge in [0, 0.05) is 19.1 Å². The number of rotatable bonds is 4. The Bertz CT molecular complexity index is 907. The Hall–Kier alpha value is -2.86. The molecule has 6 heteroatoms. The van der Waals surface area contributed by atoms with E-state index in [1.165, 1.54) is 27.2 Å². The van der Waals surface area contributed by atoms with Gasteiger partial charge in [-0.2, -0.15) is 0 Å². The van der Waals surface area contributed by atoms with Crippen LogP contribution in [-0.2, 0) is 19.0 Å². The Morgan fingerprint density at radius 3 is 2.30 bits per heavy atom. The first-order chi connectivity index (χ1) is 14.7. The van der Waals surface area contributed by atoms with Crippen molar-refractivity contribution < 1.29 is 23.8 Å². The highest BCUT2D eigenvalue weighted by atomic mass is 16.6. The molecule has 0 unspecified atom stereocenters. The third-order valence-electron chi connectivity index (χ3n) is 6.46. The summed E-state index contributed by atoms with van der Waals surface area (Å²) in [4.78, 5) is 26.6. The Balaban J connectivity index is 1.28. The zero-order valence-electron chi connectivity index (χ0n) is 16.8. The molecule has 2 heterocycles. The zero-order valence-corrected chi connectivity index (χ0v) is 16.8. The van der Waals surface area contributed by atoms with Crippen LogP contribution in [0.1, 0.15) is 36.3 Å². The minimum atomic E-state index is -0.566. The predicted molar refractivity (Wildman–Crippen MR) is 110 cm³/mol. The van der Waals surface area contributed by atoms with Crippen molar-refractivity contribution in [2.75, 3.05) is 26.6 Å². The number of cyclic esters (lactones) is 1. The van der Waals surface area contributed by atoms with E-state index in [9.17, 15) is 9.59 Å². The van der Waals surface area contributed by atoms with Crippen LogP contribution in [0.15, 0.2) is 48.5 Å². The number of carbonyl (C=O) groups is 2. The van der Waals surface area contributed by atoms with Gasteiger partial charge in [-0.3, -0.25) is 4.90 Å². The molecule has 2 aromatic rings.